The van der Waals surface area contributed by atoms with Crippen LogP contribution >= 0.6 is 22.7 Å². The van der Waals surface area contributed by atoms with Gasteiger partial charge in [-0.1, -0.05) is 18.2 Å². The minimum atomic E-state index is -3.64. The number of rotatable bonds is 6. The van der Waals surface area contributed by atoms with Crippen LogP contribution in [0.2, 0.25) is 0 Å². The van der Waals surface area contributed by atoms with Gasteiger partial charge in [-0.3, -0.25) is 9.52 Å². The highest BCUT2D eigenvalue weighted by atomic mass is 32.2. The largest absolute Gasteiger partial charge is 0.366 e. The van der Waals surface area contributed by atoms with Gasteiger partial charge in [-0.15, -0.1) is 22.7 Å². The first-order valence-electron chi connectivity index (χ1n) is 7.18. The zero-order valence-corrected chi connectivity index (χ0v) is 15.3. The fraction of sp³-hybridized carbons (Fsp3) is 0. The maximum Gasteiger partial charge on any atom is 0.271 e. The summed E-state index contributed by atoms with van der Waals surface area (Å²) in [5, 5.41) is 1.95. The van der Waals surface area contributed by atoms with E-state index in [1.54, 1.807) is 47.7 Å². The molecule has 3 N–H and O–H groups in total. The maximum atomic E-state index is 12.5. The highest BCUT2D eigenvalue weighted by Crippen LogP contribution is 2.34. The Bertz CT molecular complexity index is 1000. The van der Waals surface area contributed by atoms with Gasteiger partial charge in [0.05, 0.1) is 0 Å². The minimum Gasteiger partial charge on any atom is -0.366 e. The number of carbonyl (C=O) groups excluding carboxylic acids is 1. The van der Waals surface area contributed by atoms with Crippen molar-refractivity contribution < 1.29 is 13.2 Å². The number of amides is 1. The molecule has 0 aliphatic heterocycles. The summed E-state index contributed by atoms with van der Waals surface area (Å²) >= 11 is 2.80. The van der Waals surface area contributed by atoms with E-state index >= 15 is 0 Å². The third-order valence-electron chi connectivity index (χ3n) is 3.21. The number of nitrogens with one attached hydrogen (secondary N) is 1. The molecule has 2 aromatic heterocycles. The summed E-state index contributed by atoms with van der Waals surface area (Å²) in [5.41, 5.74) is 6.23. The minimum absolute atomic E-state index is 0.258. The molecule has 1 amide bonds. The van der Waals surface area contributed by atoms with Crippen LogP contribution in [0.5, 0.6) is 0 Å². The predicted molar refractivity (Wildman–Crippen MR) is 103 cm³/mol. The molecule has 1 aromatic carbocycles. The van der Waals surface area contributed by atoms with Gasteiger partial charge in [-0.05, 0) is 47.4 Å². The predicted octanol–water partition coefficient (Wildman–Crippen LogP) is 3.78. The summed E-state index contributed by atoms with van der Waals surface area (Å²) in [5.74, 6) is -0.538. The van der Waals surface area contributed by atoms with Crippen LogP contribution in [0, 0.1) is 0 Å². The fourth-order valence-corrected chi connectivity index (χ4v) is 5.26. The van der Waals surface area contributed by atoms with Crippen molar-refractivity contribution in [1.29, 1.82) is 0 Å². The molecule has 5 nitrogen and oxygen atoms in total. The van der Waals surface area contributed by atoms with Gasteiger partial charge in [0.2, 0.25) is 5.91 Å². The van der Waals surface area contributed by atoms with E-state index in [0.29, 0.717) is 5.69 Å². The molecule has 2 heterocycles. The van der Waals surface area contributed by atoms with E-state index in [0.717, 1.165) is 15.3 Å². The molecule has 128 valence electrons. The number of carbonyl (C=O) groups is 1. The molecule has 3 aromatic rings. The van der Waals surface area contributed by atoms with E-state index in [1.807, 2.05) is 23.6 Å². The topological polar surface area (TPSA) is 89.3 Å². The molecule has 0 fully saturated rings. The second-order valence-corrected chi connectivity index (χ2v) is 9.00. The lowest BCUT2D eigenvalue weighted by Crippen LogP contribution is -2.11. The lowest BCUT2D eigenvalue weighted by molar-refractivity contribution is -0.113. The maximum absolute atomic E-state index is 12.5. The zero-order valence-electron chi connectivity index (χ0n) is 12.9. The van der Waals surface area contributed by atoms with Crippen LogP contribution in [0.4, 0.5) is 5.69 Å². The summed E-state index contributed by atoms with van der Waals surface area (Å²) in [6.45, 7) is 0. The molecule has 0 aliphatic rings. The molecule has 0 unspecified atom stereocenters. The van der Waals surface area contributed by atoms with Crippen molar-refractivity contribution in [3.05, 3.63) is 65.6 Å². The second-order valence-electron chi connectivity index (χ2n) is 5.06. The van der Waals surface area contributed by atoms with Gasteiger partial charge >= 0.3 is 0 Å². The Labute approximate surface area is 153 Å². The number of thiophene rings is 2. The lowest BCUT2D eigenvalue weighted by atomic mass is 10.2. The molecule has 3 rings (SSSR count). The van der Waals surface area contributed by atoms with Gasteiger partial charge in [-0.2, -0.15) is 0 Å². The molecule has 0 saturated heterocycles. The highest BCUT2D eigenvalue weighted by molar-refractivity contribution is 7.94. The second kappa shape index (κ2) is 7.22. The van der Waals surface area contributed by atoms with E-state index in [-0.39, 0.29) is 4.21 Å². The van der Waals surface area contributed by atoms with E-state index in [1.165, 1.54) is 17.4 Å². The Morgan fingerprint density at radius 1 is 1.04 bits per heavy atom. The summed E-state index contributed by atoms with van der Waals surface area (Å²) < 4.78 is 27.8. The van der Waals surface area contributed by atoms with Crippen molar-refractivity contribution in [3.8, 4) is 9.75 Å². The Morgan fingerprint density at radius 3 is 2.44 bits per heavy atom. The van der Waals surface area contributed by atoms with E-state index in [2.05, 4.69) is 4.72 Å². The van der Waals surface area contributed by atoms with Crippen molar-refractivity contribution in [1.82, 2.24) is 0 Å². The fourth-order valence-electron chi connectivity index (χ4n) is 2.06. The third kappa shape index (κ3) is 4.36. The van der Waals surface area contributed by atoms with Crippen LogP contribution in [0.1, 0.15) is 5.56 Å². The average molecular weight is 391 g/mol. The Kier molecular flexibility index (Phi) is 5.03. The van der Waals surface area contributed by atoms with Crippen LogP contribution in [0.3, 0.4) is 0 Å². The Balaban J connectivity index is 1.76. The SMILES string of the molecule is NC(=O)/C=C/c1ccc(NS(=O)(=O)c2ccc(-c3cccs3)s2)cc1. The lowest BCUT2D eigenvalue weighted by Gasteiger charge is -2.06. The number of hydrogen-bond acceptors (Lipinski definition) is 5. The number of anilines is 1. The first-order chi connectivity index (χ1) is 11.9. The molecule has 0 atom stereocenters. The standard InChI is InChI=1S/C17H14N2O3S3/c18-16(20)9-5-12-3-6-13(7-4-12)19-25(21,22)17-10-8-15(24-17)14-2-1-11-23-14/h1-11,19H,(H2,18,20)/b9-5+. The van der Waals surface area contributed by atoms with E-state index < -0.39 is 15.9 Å². The monoisotopic (exact) mass is 390 g/mol. The average Bonchev–Trinajstić information content (AvgIpc) is 3.25. The van der Waals surface area contributed by atoms with Crippen molar-refractivity contribution >= 4 is 50.4 Å². The quantitative estimate of drug-likeness (QED) is 0.628. The molecule has 25 heavy (non-hydrogen) atoms. The smallest absolute Gasteiger partial charge is 0.271 e. The van der Waals surface area contributed by atoms with Crippen LogP contribution < -0.4 is 10.5 Å². The van der Waals surface area contributed by atoms with Crippen molar-refractivity contribution in [2.45, 2.75) is 4.21 Å². The Hall–Kier alpha value is -2.42. The third-order valence-corrected chi connectivity index (χ3v) is 7.24. The molecule has 0 spiro atoms. The summed E-state index contributed by atoms with van der Waals surface area (Å²) in [4.78, 5) is 12.7. The van der Waals surface area contributed by atoms with Crippen molar-refractivity contribution in [3.63, 3.8) is 0 Å². The zero-order chi connectivity index (χ0) is 17.9. The molecule has 8 heteroatoms. The number of benzene rings is 1. The highest BCUT2D eigenvalue weighted by Gasteiger charge is 2.17. The summed E-state index contributed by atoms with van der Waals surface area (Å²) in [7, 11) is -3.64. The van der Waals surface area contributed by atoms with Gasteiger partial charge in [0.25, 0.3) is 10.0 Å². The molecule has 0 aliphatic carbocycles. The molecule has 0 radical (unpaired) electrons. The normalized spacial score (nSPS) is 11.7. The van der Waals surface area contributed by atoms with Crippen LogP contribution in [0.25, 0.3) is 15.8 Å². The number of hydrogen-bond donors (Lipinski definition) is 2. The first kappa shape index (κ1) is 17.4. The van der Waals surface area contributed by atoms with Gasteiger partial charge in [0.1, 0.15) is 4.21 Å². The van der Waals surface area contributed by atoms with Crippen LogP contribution in [-0.4, -0.2) is 14.3 Å². The van der Waals surface area contributed by atoms with Crippen LogP contribution in [0.15, 0.2) is 64.2 Å². The van der Waals surface area contributed by atoms with E-state index in [9.17, 15) is 13.2 Å². The summed E-state index contributed by atoms with van der Waals surface area (Å²) in [6, 6.07) is 14.0. The van der Waals surface area contributed by atoms with Crippen molar-refractivity contribution in [2.75, 3.05) is 4.72 Å². The number of sulfonamides is 1. The molecule has 0 saturated carbocycles. The van der Waals surface area contributed by atoms with E-state index in [4.69, 9.17) is 5.73 Å². The van der Waals surface area contributed by atoms with Gasteiger partial charge < -0.3 is 5.73 Å². The number of primary amides is 1. The summed E-state index contributed by atoms with van der Waals surface area (Å²) in [6.07, 6.45) is 2.81. The number of nitrogens with two attached hydrogens (primary N) is 1. The van der Waals surface area contributed by atoms with Crippen molar-refractivity contribution in [2.24, 2.45) is 5.73 Å². The molecular formula is C17H14N2O3S3. The molecule has 0 bridgehead atoms. The first-order valence-corrected chi connectivity index (χ1v) is 10.4. The Morgan fingerprint density at radius 2 is 1.80 bits per heavy atom. The van der Waals surface area contributed by atoms with Crippen LogP contribution in [-0.2, 0) is 14.8 Å². The van der Waals surface area contributed by atoms with Gasteiger partial charge in [-0.25, -0.2) is 8.42 Å². The molecular weight excluding hydrogens is 376 g/mol. The van der Waals surface area contributed by atoms with Gasteiger partial charge in [0, 0.05) is 21.5 Å². The van der Waals surface area contributed by atoms with Gasteiger partial charge in [0.15, 0.2) is 0 Å².